The van der Waals surface area contributed by atoms with Gasteiger partial charge in [0.15, 0.2) is 0 Å². The molecular formula is C8H5ClF. The van der Waals surface area contributed by atoms with E-state index in [4.69, 9.17) is 11.6 Å². The van der Waals surface area contributed by atoms with E-state index >= 15 is 0 Å². The maximum Gasteiger partial charge on any atom is 0.123 e. The van der Waals surface area contributed by atoms with Gasteiger partial charge in [0.05, 0.1) is 0 Å². The second kappa shape index (κ2) is 2.84. The standard InChI is InChI=1S/C8H5ClF/c1-2-6-5-7(10)3-4-8(6)9/h3-5H,1H2. The zero-order valence-corrected chi connectivity index (χ0v) is 5.95. The molecule has 2 heteroatoms. The van der Waals surface area contributed by atoms with Crippen LogP contribution in [-0.2, 0) is 0 Å². The molecule has 0 aliphatic rings. The Kier molecular flexibility index (Phi) is 2.07. The molecular weight excluding hydrogens is 151 g/mol. The number of hydrogen-bond acceptors (Lipinski definition) is 0. The summed E-state index contributed by atoms with van der Waals surface area (Å²) in [6.07, 6.45) is 2.51. The van der Waals surface area contributed by atoms with Crippen LogP contribution in [0.4, 0.5) is 4.39 Å². The van der Waals surface area contributed by atoms with Crippen LogP contribution in [0.1, 0.15) is 5.56 Å². The molecule has 1 radical (unpaired) electrons. The molecule has 0 fully saturated rings. The van der Waals surface area contributed by atoms with Gasteiger partial charge in [-0.05, 0) is 24.3 Å². The summed E-state index contributed by atoms with van der Waals surface area (Å²) >= 11 is 5.63. The van der Waals surface area contributed by atoms with E-state index < -0.39 is 0 Å². The van der Waals surface area contributed by atoms with E-state index in [0.717, 1.165) is 0 Å². The van der Waals surface area contributed by atoms with Gasteiger partial charge in [0.25, 0.3) is 0 Å². The van der Waals surface area contributed by atoms with Gasteiger partial charge in [0.1, 0.15) is 5.82 Å². The van der Waals surface area contributed by atoms with Gasteiger partial charge in [-0.15, -0.1) is 0 Å². The molecule has 1 aromatic carbocycles. The van der Waals surface area contributed by atoms with E-state index in [1.165, 1.54) is 18.2 Å². The summed E-state index contributed by atoms with van der Waals surface area (Å²) in [5.74, 6) is -0.324. The molecule has 0 N–H and O–H groups in total. The highest BCUT2D eigenvalue weighted by Crippen LogP contribution is 2.15. The molecule has 0 amide bonds. The van der Waals surface area contributed by atoms with Crippen LogP contribution in [0, 0.1) is 11.9 Å². The predicted molar refractivity (Wildman–Crippen MR) is 39.4 cm³/mol. The predicted octanol–water partition coefficient (Wildman–Crippen LogP) is 2.82. The third kappa shape index (κ3) is 1.36. The van der Waals surface area contributed by atoms with Gasteiger partial charge < -0.3 is 0 Å². The molecule has 0 bridgehead atoms. The van der Waals surface area contributed by atoms with Crippen LogP contribution >= 0.6 is 11.6 Å². The highest BCUT2D eigenvalue weighted by Gasteiger charge is 1.96. The van der Waals surface area contributed by atoms with E-state index in [0.29, 0.717) is 10.6 Å². The lowest BCUT2D eigenvalue weighted by atomic mass is 10.2. The fraction of sp³-hybridized carbons (Fsp3) is 0. The van der Waals surface area contributed by atoms with Crippen LogP contribution in [-0.4, -0.2) is 0 Å². The number of rotatable bonds is 1. The second-order valence-corrected chi connectivity index (χ2v) is 2.21. The Morgan fingerprint density at radius 1 is 1.50 bits per heavy atom. The van der Waals surface area contributed by atoms with Crippen LogP contribution in [0.25, 0.3) is 0 Å². The first-order valence-electron chi connectivity index (χ1n) is 2.72. The molecule has 1 rings (SSSR count). The fourth-order valence-corrected chi connectivity index (χ4v) is 0.817. The first-order valence-corrected chi connectivity index (χ1v) is 3.10. The third-order valence-corrected chi connectivity index (χ3v) is 1.45. The number of hydrogen-bond donors (Lipinski definition) is 0. The van der Waals surface area contributed by atoms with Crippen LogP contribution in [0.2, 0.25) is 5.02 Å². The monoisotopic (exact) mass is 155 g/mol. The van der Waals surface area contributed by atoms with E-state index in [1.807, 2.05) is 0 Å². The van der Waals surface area contributed by atoms with Gasteiger partial charge in [-0.2, -0.15) is 0 Å². The van der Waals surface area contributed by atoms with E-state index in [9.17, 15) is 4.39 Å². The average Bonchev–Trinajstić information content (AvgIpc) is 1.94. The first kappa shape index (κ1) is 7.29. The quantitative estimate of drug-likeness (QED) is 0.585. The molecule has 0 atom stereocenters. The van der Waals surface area contributed by atoms with Crippen LogP contribution in [0.5, 0.6) is 0 Å². The van der Waals surface area contributed by atoms with E-state index in [1.54, 1.807) is 0 Å². The van der Waals surface area contributed by atoms with Crippen molar-refractivity contribution in [2.24, 2.45) is 0 Å². The van der Waals surface area contributed by atoms with Gasteiger partial charge >= 0.3 is 0 Å². The molecule has 51 valence electrons. The van der Waals surface area contributed by atoms with Crippen molar-refractivity contribution in [1.29, 1.82) is 0 Å². The summed E-state index contributed by atoms with van der Waals surface area (Å²) in [5.41, 5.74) is 0.502. The smallest absolute Gasteiger partial charge is 0.123 e. The zero-order chi connectivity index (χ0) is 7.56. The van der Waals surface area contributed by atoms with Gasteiger partial charge in [0.2, 0.25) is 0 Å². The van der Waals surface area contributed by atoms with Gasteiger partial charge in [-0.25, -0.2) is 4.39 Å². The van der Waals surface area contributed by atoms with E-state index in [2.05, 4.69) is 12.7 Å². The van der Waals surface area contributed by atoms with Crippen LogP contribution in [0.3, 0.4) is 0 Å². The summed E-state index contributed by atoms with van der Waals surface area (Å²) < 4.78 is 12.4. The Bertz CT molecular complexity index is 255. The zero-order valence-electron chi connectivity index (χ0n) is 5.20. The Morgan fingerprint density at radius 3 is 2.70 bits per heavy atom. The first-order chi connectivity index (χ1) is 4.74. The molecule has 0 unspecified atom stereocenters. The highest BCUT2D eigenvalue weighted by molar-refractivity contribution is 6.31. The van der Waals surface area contributed by atoms with Gasteiger partial charge in [0, 0.05) is 10.6 Å². The van der Waals surface area contributed by atoms with Crippen molar-refractivity contribution in [1.82, 2.24) is 0 Å². The molecule has 10 heavy (non-hydrogen) atoms. The van der Waals surface area contributed by atoms with Crippen molar-refractivity contribution in [3.8, 4) is 0 Å². The largest absolute Gasteiger partial charge is 0.207 e. The lowest BCUT2D eigenvalue weighted by Crippen LogP contribution is -1.78. The SMILES string of the molecule is C=[C]c1cc(F)ccc1Cl. The number of benzene rings is 1. The Labute approximate surface area is 63.9 Å². The lowest BCUT2D eigenvalue weighted by molar-refractivity contribution is 0.627. The minimum atomic E-state index is -0.324. The van der Waals surface area contributed by atoms with Crippen LogP contribution < -0.4 is 0 Å². The second-order valence-electron chi connectivity index (χ2n) is 1.80. The van der Waals surface area contributed by atoms with Crippen molar-refractivity contribution < 1.29 is 4.39 Å². The van der Waals surface area contributed by atoms with Crippen molar-refractivity contribution in [3.05, 3.63) is 47.3 Å². The Balaban J connectivity index is 3.21. The van der Waals surface area contributed by atoms with Crippen molar-refractivity contribution >= 4 is 11.6 Å². The van der Waals surface area contributed by atoms with Gasteiger partial charge in [-0.3, -0.25) is 0 Å². The summed E-state index contributed by atoms with van der Waals surface area (Å²) in [6.45, 7) is 3.36. The average molecular weight is 156 g/mol. The third-order valence-electron chi connectivity index (χ3n) is 1.12. The number of halogens is 2. The Hall–Kier alpha value is -0.820. The molecule has 0 saturated carbocycles. The molecule has 0 aliphatic heterocycles. The minimum absolute atomic E-state index is 0.324. The van der Waals surface area contributed by atoms with E-state index in [-0.39, 0.29) is 5.82 Å². The highest BCUT2D eigenvalue weighted by atomic mass is 35.5. The summed E-state index contributed by atoms with van der Waals surface area (Å²) in [4.78, 5) is 0. The molecule has 0 nitrogen and oxygen atoms in total. The molecule has 0 aliphatic carbocycles. The molecule has 0 aromatic heterocycles. The van der Waals surface area contributed by atoms with Crippen molar-refractivity contribution in [3.63, 3.8) is 0 Å². The minimum Gasteiger partial charge on any atom is -0.207 e. The molecule has 1 aromatic rings. The fourth-order valence-electron chi connectivity index (χ4n) is 0.633. The van der Waals surface area contributed by atoms with Crippen molar-refractivity contribution in [2.45, 2.75) is 0 Å². The summed E-state index contributed by atoms with van der Waals surface area (Å²) in [6, 6.07) is 4.06. The lowest BCUT2D eigenvalue weighted by Gasteiger charge is -1.94. The maximum absolute atomic E-state index is 12.4. The normalized spacial score (nSPS) is 9.40. The van der Waals surface area contributed by atoms with Crippen LogP contribution in [0.15, 0.2) is 24.8 Å². The van der Waals surface area contributed by atoms with Gasteiger partial charge in [-0.1, -0.05) is 18.2 Å². The topological polar surface area (TPSA) is 0 Å². The molecule has 0 spiro atoms. The molecule has 0 saturated heterocycles. The maximum atomic E-state index is 12.4. The summed E-state index contributed by atoms with van der Waals surface area (Å²) in [5, 5.41) is 0.469. The Morgan fingerprint density at radius 2 is 2.20 bits per heavy atom. The van der Waals surface area contributed by atoms with Crippen molar-refractivity contribution in [2.75, 3.05) is 0 Å². The summed E-state index contributed by atoms with van der Waals surface area (Å²) in [7, 11) is 0. The molecule has 0 heterocycles.